The number of nitrogens with zero attached hydrogens (tertiary/aromatic N) is 1. The minimum atomic E-state index is -1.38. The maximum Gasteiger partial charge on any atom is 0.338 e. The first kappa shape index (κ1) is 24.3. The molecule has 4 heterocycles. The van der Waals surface area contributed by atoms with Crippen molar-refractivity contribution in [1.82, 2.24) is 10.3 Å². The molecule has 40 heavy (non-hydrogen) atoms. The fraction of sp³-hybridized carbons (Fsp3) is 0.226. The Morgan fingerprint density at radius 1 is 0.950 bits per heavy atom. The number of benzene rings is 3. The number of anilines is 2. The Morgan fingerprint density at radius 2 is 1.70 bits per heavy atom. The molecule has 2 saturated heterocycles. The van der Waals surface area contributed by atoms with Crippen molar-refractivity contribution in [3.63, 3.8) is 0 Å². The number of esters is 1. The van der Waals surface area contributed by atoms with Crippen molar-refractivity contribution >= 4 is 46.0 Å². The third-order valence-corrected chi connectivity index (χ3v) is 8.37. The molecule has 4 aromatic rings. The molecule has 3 N–H and O–H groups in total. The predicted molar refractivity (Wildman–Crippen MR) is 148 cm³/mol. The summed E-state index contributed by atoms with van der Waals surface area (Å²) in [4.78, 5) is 58.6. The van der Waals surface area contributed by atoms with E-state index in [1.54, 1.807) is 25.1 Å². The number of carbonyl (C=O) groups is 4. The molecular formula is C31H26N4O5. The van der Waals surface area contributed by atoms with E-state index in [4.69, 9.17) is 4.74 Å². The summed E-state index contributed by atoms with van der Waals surface area (Å²) in [5.41, 5.74) is 2.55. The number of nitrogens with one attached hydrogen (secondary N) is 3. The molecule has 3 aliphatic heterocycles. The summed E-state index contributed by atoms with van der Waals surface area (Å²) in [5, 5.41) is 7.45. The second kappa shape index (κ2) is 8.89. The first-order chi connectivity index (χ1) is 19.4. The van der Waals surface area contributed by atoms with Gasteiger partial charge in [0, 0.05) is 34.4 Å². The van der Waals surface area contributed by atoms with Crippen LogP contribution in [-0.4, -0.2) is 41.3 Å². The van der Waals surface area contributed by atoms with Crippen LogP contribution >= 0.6 is 0 Å². The summed E-state index contributed by atoms with van der Waals surface area (Å²) < 4.78 is 5.06. The predicted octanol–water partition coefficient (Wildman–Crippen LogP) is 3.51. The molecule has 9 heteroatoms. The van der Waals surface area contributed by atoms with E-state index in [0.29, 0.717) is 28.9 Å². The van der Waals surface area contributed by atoms with Crippen LogP contribution in [0.5, 0.6) is 0 Å². The number of imide groups is 1. The SMILES string of the molecule is CCOC(=O)c1ccc(N2C(=O)C3C(Cc4c[nH]c5ccccc45)NC4(C(=O)Nc5ccccc54)C3C2=O)cc1. The summed E-state index contributed by atoms with van der Waals surface area (Å²) in [6, 6.07) is 20.9. The summed E-state index contributed by atoms with van der Waals surface area (Å²) >= 11 is 0. The van der Waals surface area contributed by atoms with Crippen LogP contribution in [0.4, 0.5) is 11.4 Å². The number of hydrogen-bond acceptors (Lipinski definition) is 6. The van der Waals surface area contributed by atoms with Crippen molar-refractivity contribution in [1.29, 1.82) is 0 Å². The molecule has 0 saturated carbocycles. The van der Waals surface area contributed by atoms with Crippen LogP contribution in [0.2, 0.25) is 0 Å². The van der Waals surface area contributed by atoms with E-state index >= 15 is 0 Å². The van der Waals surface area contributed by atoms with Gasteiger partial charge in [0.25, 0.3) is 0 Å². The standard InChI is InChI=1S/C31H26N4O5/c1-2-40-29(38)17-11-13-19(14-12-17)35-27(36)25-24(15-18-16-32-22-9-5-3-7-20(18)22)34-31(26(25)28(35)37)21-8-4-6-10-23(21)33-30(31)39/h3-14,16,24-26,32,34H,2,15H2,1H3,(H,33,39). The highest BCUT2D eigenvalue weighted by molar-refractivity contribution is 6.26. The van der Waals surface area contributed by atoms with E-state index in [1.807, 2.05) is 48.7 Å². The number of para-hydroxylation sites is 2. The topological polar surface area (TPSA) is 121 Å². The first-order valence-corrected chi connectivity index (χ1v) is 13.3. The van der Waals surface area contributed by atoms with E-state index in [2.05, 4.69) is 15.6 Å². The molecule has 3 aromatic carbocycles. The lowest BCUT2D eigenvalue weighted by atomic mass is 9.76. The summed E-state index contributed by atoms with van der Waals surface area (Å²) in [6.45, 7) is 1.96. The average molecular weight is 535 g/mol. The van der Waals surface area contributed by atoms with Gasteiger partial charge >= 0.3 is 5.97 Å². The number of H-pyrrole nitrogens is 1. The van der Waals surface area contributed by atoms with Crippen LogP contribution < -0.4 is 15.5 Å². The van der Waals surface area contributed by atoms with E-state index in [9.17, 15) is 19.2 Å². The summed E-state index contributed by atoms with van der Waals surface area (Å²) in [6.07, 6.45) is 2.36. The van der Waals surface area contributed by atoms with Gasteiger partial charge in [0.15, 0.2) is 0 Å². The molecule has 4 unspecified atom stereocenters. The van der Waals surface area contributed by atoms with Crippen LogP contribution in [0.25, 0.3) is 10.9 Å². The van der Waals surface area contributed by atoms with Gasteiger partial charge in [-0.05, 0) is 55.3 Å². The number of aromatic amines is 1. The lowest BCUT2D eigenvalue weighted by Gasteiger charge is -2.29. The maximum atomic E-state index is 14.2. The van der Waals surface area contributed by atoms with Crippen molar-refractivity contribution in [2.24, 2.45) is 11.8 Å². The molecule has 4 atom stereocenters. The molecule has 200 valence electrons. The van der Waals surface area contributed by atoms with Crippen molar-refractivity contribution in [2.75, 3.05) is 16.8 Å². The zero-order valence-electron chi connectivity index (χ0n) is 21.6. The van der Waals surface area contributed by atoms with Crippen LogP contribution in [-0.2, 0) is 31.1 Å². The van der Waals surface area contributed by atoms with Gasteiger partial charge in [-0.25, -0.2) is 9.69 Å². The Balaban J connectivity index is 1.32. The van der Waals surface area contributed by atoms with Crippen LogP contribution in [0.1, 0.15) is 28.4 Å². The van der Waals surface area contributed by atoms with E-state index in [-0.39, 0.29) is 18.4 Å². The molecule has 3 aliphatic rings. The molecule has 0 bridgehead atoms. The molecule has 0 aliphatic carbocycles. The minimum Gasteiger partial charge on any atom is -0.462 e. The first-order valence-electron chi connectivity index (χ1n) is 13.3. The summed E-state index contributed by atoms with van der Waals surface area (Å²) in [7, 11) is 0. The van der Waals surface area contributed by atoms with Crippen molar-refractivity contribution in [3.05, 3.63) is 95.7 Å². The quantitative estimate of drug-likeness (QED) is 0.266. The normalized spacial score (nSPS) is 25.0. The number of ether oxygens (including phenoxy) is 1. The number of aromatic nitrogens is 1. The largest absolute Gasteiger partial charge is 0.462 e. The zero-order chi connectivity index (χ0) is 27.6. The van der Waals surface area contributed by atoms with Gasteiger partial charge in [-0.2, -0.15) is 0 Å². The minimum absolute atomic E-state index is 0.240. The average Bonchev–Trinajstić information content (AvgIpc) is 3.68. The van der Waals surface area contributed by atoms with Crippen LogP contribution in [0.3, 0.4) is 0 Å². The highest BCUT2D eigenvalue weighted by atomic mass is 16.5. The second-order valence-corrected chi connectivity index (χ2v) is 10.4. The number of rotatable bonds is 5. The second-order valence-electron chi connectivity index (χ2n) is 10.4. The molecule has 7 rings (SSSR count). The van der Waals surface area contributed by atoms with Crippen molar-refractivity contribution in [2.45, 2.75) is 24.9 Å². The van der Waals surface area contributed by atoms with Crippen molar-refractivity contribution in [3.8, 4) is 0 Å². The fourth-order valence-corrected chi connectivity index (χ4v) is 6.69. The van der Waals surface area contributed by atoms with Gasteiger partial charge in [-0.1, -0.05) is 36.4 Å². The zero-order valence-corrected chi connectivity index (χ0v) is 21.6. The van der Waals surface area contributed by atoms with Crippen LogP contribution in [0.15, 0.2) is 79.0 Å². The van der Waals surface area contributed by atoms with Gasteiger partial charge in [-0.3, -0.25) is 19.7 Å². The Hall–Kier alpha value is -4.76. The number of carbonyl (C=O) groups excluding carboxylic acids is 4. The Labute approximate surface area is 229 Å². The number of fused-ring (bicyclic) bond motifs is 5. The monoisotopic (exact) mass is 534 g/mol. The molecule has 9 nitrogen and oxygen atoms in total. The highest BCUT2D eigenvalue weighted by Crippen LogP contribution is 2.54. The molecule has 0 radical (unpaired) electrons. The van der Waals surface area contributed by atoms with Crippen molar-refractivity contribution < 1.29 is 23.9 Å². The smallest absolute Gasteiger partial charge is 0.338 e. The van der Waals surface area contributed by atoms with Crippen LogP contribution in [0, 0.1) is 11.8 Å². The number of amides is 3. The molecule has 2 fully saturated rings. The van der Waals surface area contributed by atoms with E-state index in [1.165, 1.54) is 17.0 Å². The van der Waals surface area contributed by atoms with Gasteiger partial charge in [0.05, 0.1) is 29.7 Å². The van der Waals surface area contributed by atoms with Gasteiger partial charge in [0.1, 0.15) is 5.54 Å². The van der Waals surface area contributed by atoms with Gasteiger partial charge in [0.2, 0.25) is 17.7 Å². The lowest BCUT2D eigenvalue weighted by molar-refractivity contribution is -0.130. The number of hydrogen-bond donors (Lipinski definition) is 3. The van der Waals surface area contributed by atoms with Gasteiger partial charge in [-0.15, -0.1) is 0 Å². The third-order valence-electron chi connectivity index (χ3n) is 8.37. The Morgan fingerprint density at radius 3 is 2.50 bits per heavy atom. The van der Waals surface area contributed by atoms with Gasteiger partial charge < -0.3 is 15.0 Å². The molecule has 1 aromatic heterocycles. The van der Waals surface area contributed by atoms with E-state index < -0.39 is 35.3 Å². The fourth-order valence-electron chi connectivity index (χ4n) is 6.69. The molecular weight excluding hydrogens is 508 g/mol. The Bertz CT molecular complexity index is 1710. The molecule has 3 amide bonds. The maximum absolute atomic E-state index is 14.2. The Kier molecular flexibility index (Phi) is 5.40. The highest BCUT2D eigenvalue weighted by Gasteiger charge is 2.70. The molecule has 1 spiro atoms. The summed E-state index contributed by atoms with van der Waals surface area (Å²) in [5.74, 6) is -3.35. The van der Waals surface area contributed by atoms with E-state index in [0.717, 1.165) is 16.5 Å². The lowest BCUT2D eigenvalue weighted by Crippen LogP contribution is -2.53. The third kappa shape index (κ3) is 3.31.